The van der Waals surface area contributed by atoms with E-state index in [-0.39, 0.29) is 16.2 Å². The Morgan fingerprint density at radius 1 is 1.36 bits per heavy atom. The SMILES string of the molecule is CN(C(=O)C1CC12CCCOC2)S(=O)(=O)c1ccc(F)cc1. The fourth-order valence-corrected chi connectivity index (χ4v) is 4.27. The molecule has 2 aliphatic rings. The molecule has 5 nitrogen and oxygen atoms in total. The lowest BCUT2D eigenvalue weighted by molar-refractivity contribution is -0.128. The molecular formula is C15H18FNO4S. The van der Waals surface area contributed by atoms with Crippen molar-refractivity contribution in [3.8, 4) is 0 Å². The fourth-order valence-electron chi connectivity index (χ4n) is 3.11. The largest absolute Gasteiger partial charge is 0.381 e. The molecule has 0 radical (unpaired) electrons. The van der Waals surface area contributed by atoms with Crippen LogP contribution in [-0.4, -0.2) is 38.9 Å². The molecule has 1 saturated heterocycles. The summed E-state index contributed by atoms with van der Waals surface area (Å²) in [6, 6.07) is 4.47. The van der Waals surface area contributed by atoms with Crippen LogP contribution in [-0.2, 0) is 19.6 Å². The fraction of sp³-hybridized carbons (Fsp3) is 0.533. The summed E-state index contributed by atoms with van der Waals surface area (Å²) in [4.78, 5) is 12.4. The van der Waals surface area contributed by atoms with Gasteiger partial charge in [-0.1, -0.05) is 0 Å². The Morgan fingerprint density at radius 2 is 2.05 bits per heavy atom. The van der Waals surface area contributed by atoms with E-state index in [0.29, 0.717) is 19.6 Å². The topological polar surface area (TPSA) is 63.7 Å². The van der Waals surface area contributed by atoms with Crippen LogP contribution in [0.25, 0.3) is 0 Å². The molecule has 22 heavy (non-hydrogen) atoms. The van der Waals surface area contributed by atoms with E-state index in [1.54, 1.807) is 0 Å². The van der Waals surface area contributed by atoms with Crippen LogP contribution >= 0.6 is 0 Å². The number of carbonyl (C=O) groups excluding carboxylic acids is 1. The number of hydrogen-bond acceptors (Lipinski definition) is 4. The minimum atomic E-state index is -3.94. The lowest BCUT2D eigenvalue weighted by Crippen LogP contribution is -2.36. The van der Waals surface area contributed by atoms with Gasteiger partial charge in [-0.3, -0.25) is 4.79 Å². The highest BCUT2D eigenvalue weighted by Crippen LogP contribution is 2.58. The maximum atomic E-state index is 12.9. The smallest absolute Gasteiger partial charge is 0.266 e. The average molecular weight is 327 g/mol. The zero-order chi connectivity index (χ0) is 16.0. The van der Waals surface area contributed by atoms with E-state index in [9.17, 15) is 17.6 Å². The summed E-state index contributed by atoms with van der Waals surface area (Å²) in [5.74, 6) is -1.23. The normalized spacial score (nSPS) is 27.6. The molecule has 120 valence electrons. The summed E-state index contributed by atoms with van der Waals surface area (Å²) in [7, 11) is -2.68. The molecule has 0 bridgehead atoms. The molecule has 1 heterocycles. The zero-order valence-electron chi connectivity index (χ0n) is 12.3. The summed E-state index contributed by atoms with van der Waals surface area (Å²) in [5.41, 5.74) is -0.179. The van der Waals surface area contributed by atoms with Crippen molar-refractivity contribution in [1.29, 1.82) is 0 Å². The monoisotopic (exact) mass is 327 g/mol. The van der Waals surface area contributed by atoms with Crippen molar-refractivity contribution in [2.45, 2.75) is 24.2 Å². The number of amides is 1. The Morgan fingerprint density at radius 3 is 2.64 bits per heavy atom. The highest BCUT2D eigenvalue weighted by atomic mass is 32.2. The van der Waals surface area contributed by atoms with Gasteiger partial charge in [-0.25, -0.2) is 17.1 Å². The number of halogens is 1. The summed E-state index contributed by atoms with van der Waals surface area (Å²) >= 11 is 0. The molecule has 2 atom stereocenters. The quantitative estimate of drug-likeness (QED) is 0.849. The van der Waals surface area contributed by atoms with Crippen LogP contribution in [0, 0.1) is 17.2 Å². The number of hydrogen-bond donors (Lipinski definition) is 0. The van der Waals surface area contributed by atoms with Crippen molar-refractivity contribution in [3.05, 3.63) is 30.1 Å². The number of benzene rings is 1. The van der Waals surface area contributed by atoms with Gasteiger partial charge in [-0.05, 0) is 43.5 Å². The third-order valence-corrected chi connectivity index (χ3v) is 6.39. The lowest BCUT2D eigenvalue weighted by atomic mass is 9.96. The van der Waals surface area contributed by atoms with Crippen LogP contribution in [0.3, 0.4) is 0 Å². The minimum Gasteiger partial charge on any atom is -0.381 e. The van der Waals surface area contributed by atoms with Gasteiger partial charge in [-0.15, -0.1) is 0 Å². The van der Waals surface area contributed by atoms with Gasteiger partial charge >= 0.3 is 0 Å². The van der Waals surface area contributed by atoms with Crippen LogP contribution in [0.2, 0.25) is 0 Å². The van der Waals surface area contributed by atoms with Crippen LogP contribution < -0.4 is 0 Å². The second kappa shape index (κ2) is 5.31. The van der Waals surface area contributed by atoms with Crippen molar-refractivity contribution < 1.29 is 22.3 Å². The number of sulfonamides is 1. The Labute approximate surface area is 129 Å². The van der Waals surface area contributed by atoms with Crippen molar-refractivity contribution >= 4 is 15.9 Å². The summed E-state index contributed by atoms with van der Waals surface area (Å²) < 4.78 is 44.0. The van der Waals surface area contributed by atoms with E-state index < -0.39 is 21.7 Å². The zero-order valence-corrected chi connectivity index (χ0v) is 13.1. The Bertz CT molecular complexity index is 680. The van der Waals surface area contributed by atoms with Gasteiger partial charge in [0.15, 0.2) is 0 Å². The highest BCUT2D eigenvalue weighted by molar-refractivity contribution is 7.89. The first-order valence-corrected chi connectivity index (χ1v) is 8.67. The number of ether oxygens (including phenoxy) is 1. The molecule has 1 aromatic rings. The third-order valence-electron chi connectivity index (χ3n) is 4.62. The van der Waals surface area contributed by atoms with Gasteiger partial charge in [0, 0.05) is 25.0 Å². The molecule has 1 amide bonds. The number of rotatable bonds is 3. The van der Waals surface area contributed by atoms with E-state index in [1.165, 1.54) is 19.2 Å². The Hall–Kier alpha value is -1.47. The second-order valence-corrected chi connectivity index (χ2v) is 8.01. The van der Waals surface area contributed by atoms with E-state index in [0.717, 1.165) is 29.3 Å². The molecule has 2 fully saturated rings. The van der Waals surface area contributed by atoms with Crippen LogP contribution in [0.4, 0.5) is 4.39 Å². The molecule has 0 N–H and O–H groups in total. The predicted octanol–water partition coefficient (Wildman–Crippen LogP) is 1.79. The van der Waals surface area contributed by atoms with Gasteiger partial charge < -0.3 is 4.74 Å². The molecule has 0 aromatic heterocycles. The van der Waals surface area contributed by atoms with E-state index >= 15 is 0 Å². The summed E-state index contributed by atoms with van der Waals surface area (Å²) in [6.07, 6.45) is 2.47. The van der Waals surface area contributed by atoms with Crippen molar-refractivity contribution in [1.82, 2.24) is 4.31 Å². The standard InChI is InChI=1S/C15H18FNO4S/c1-17(22(19,20)12-5-3-11(16)4-6-12)14(18)13-9-15(13)7-2-8-21-10-15/h3-6,13H,2,7-10H2,1H3. The van der Waals surface area contributed by atoms with Crippen LogP contribution in [0.15, 0.2) is 29.2 Å². The molecule has 1 saturated carbocycles. The molecule has 2 unspecified atom stereocenters. The van der Waals surface area contributed by atoms with Crippen molar-refractivity contribution in [2.75, 3.05) is 20.3 Å². The summed E-state index contributed by atoms with van der Waals surface area (Å²) in [6.45, 7) is 1.22. The van der Waals surface area contributed by atoms with Crippen molar-refractivity contribution in [3.63, 3.8) is 0 Å². The lowest BCUT2D eigenvalue weighted by Gasteiger charge is -2.24. The van der Waals surface area contributed by atoms with Crippen molar-refractivity contribution in [2.24, 2.45) is 11.3 Å². The molecular weight excluding hydrogens is 309 g/mol. The van der Waals surface area contributed by atoms with E-state index in [2.05, 4.69) is 0 Å². The highest BCUT2D eigenvalue weighted by Gasteiger charge is 2.60. The maximum absolute atomic E-state index is 12.9. The van der Waals surface area contributed by atoms with Gasteiger partial charge in [0.1, 0.15) is 5.82 Å². The molecule has 1 spiro atoms. The second-order valence-electron chi connectivity index (χ2n) is 6.04. The Balaban J connectivity index is 1.77. The molecule has 1 aliphatic carbocycles. The predicted molar refractivity (Wildman–Crippen MR) is 76.9 cm³/mol. The Kier molecular flexibility index (Phi) is 3.72. The van der Waals surface area contributed by atoms with E-state index in [4.69, 9.17) is 4.74 Å². The van der Waals surface area contributed by atoms with Crippen LogP contribution in [0.1, 0.15) is 19.3 Å². The van der Waals surface area contributed by atoms with Gasteiger partial charge in [0.2, 0.25) is 5.91 Å². The first-order valence-electron chi connectivity index (χ1n) is 7.23. The minimum absolute atomic E-state index is 0.0839. The maximum Gasteiger partial charge on any atom is 0.266 e. The molecule has 7 heteroatoms. The third kappa shape index (κ3) is 2.52. The first-order chi connectivity index (χ1) is 10.4. The van der Waals surface area contributed by atoms with Gasteiger partial charge in [0.05, 0.1) is 11.5 Å². The van der Waals surface area contributed by atoms with Gasteiger partial charge in [-0.2, -0.15) is 0 Å². The number of nitrogens with zero attached hydrogens (tertiary/aromatic N) is 1. The molecule has 1 aliphatic heterocycles. The first kappa shape index (κ1) is 15.4. The number of carbonyl (C=O) groups is 1. The van der Waals surface area contributed by atoms with Gasteiger partial charge in [0.25, 0.3) is 10.0 Å². The van der Waals surface area contributed by atoms with E-state index in [1.807, 2.05) is 0 Å². The summed E-state index contributed by atoms with van der Waals surface area (Å²) in [5, 5.41) is 0. The molecule has 1 aromatic carbocycles. The average Bonchev–Trinajstić information content (AvgIpc) is 3.20. The van der Waals surface area contributed by atoms with Crippen LogP contribution in [0.5, 0.6) is 0 Å². The molecule has 3 rings (SSSR count).